The van der Waals surface area contributed by atoms with Crippen LogP contribution in [-0.2, 0) is 9.59 Å². The third-order valence-electron chi connectivity index (χ3n) is 4.94. The summed E-state index contributed by atoms with van der Waals surface area (Å²) >= 11 is 1.46. The van der Waals surface area contributed by atoms with Gasteiger partial charge in [-0.2, -0.15) is 0 Å². The number of hydrogen-bond acceptors (Lipinski definition) is 4. The molecule has 130 valence electrons. The highest BCUT2D eigenvalue weighted by Crippen LogP contribution is 2.36. The van der Waals surface area contributed by atoms with E-state index < -0.39 is 0 Å². The molecule has 1 aromatic heterocycles. The Bertz CT molecular complexity index is 662. The van der Waals surface area contributed by atoms with Crippen LogP contribution in [0.15, 0.2) is 11.1 Å². The van der Waals surface area contributed by atoms with Crippen molar-refractivity contribution >= 4 is 29.3 Å². The topological polar surface area (TPSA) is 62.3 Å². The number of hydrogen-bond donors (Lipinski definition) is 1. The van der Waals surface area contributed by atoms with Crippen LogP contribution >= 0.6 is 11.8 Å². The van der Waals surface area contributed by atoms with Gasteiger partial charge in [-0.1, -0.05) is 31.5 Å². The summed E-state index contributed by atoms with van der Waals surface area (Å²) in [5.41, 5.74) is 2.74. The van der Waals surface area contributed by atoms with Crippen LogP contribution in [0.5, 0.6) is 0 Å². The molecule has 1 aliphatic heterocycles. The molecule has 0 spiro atoms. The number of rotatable bonds is 3. The second kappa shape index (κ2) is 7.13. The Hall–Kier alpha value is -1.56. The lowest BCUT2D eigenvalue weighted by Gasteiger charge is -2.32. The minimum absolute atomic E-state index is 0.0203. The zero-order chi connectivity index (χ0) is 17.3. The molecule has 1 N–H and O–H groups in total. The van der Waals surface area contributed by atoms with Gasteiger partial charge in [0.05, 0.1) is 11.4 Å². The number of pyridine rings is 1. The first-order valence-electron chi connectivity index (χ1n) is 8.66. The van der Waals surface area contributed by atoms with Crippen LogP contribution < -0.4 is 10.2 Å². The number of carbonyl (C=O) groups excluding carboxylic acids is 2. The average molecular weight is 347 g/mol. The summed E-state index contributed by atoms with van der Waals surface area (Å²) in [7, 11) is 0. The van der Waals surface area contributed by atoms with Crippen LogP contribution in [0.1, 0.15) is 43.9 Å². The molecule has 0 bridgehead atoms. The average Bonchev–Trinajstić information content (AvgIpc) is 2.52. The first-order chi connectivity index (χ1) is 11.5. The Kier molecular flexibility index (Phi) is 5.13. The number of aryl methyl sites for hydroxylation is 2. The molecule has 0 radical (unpaired) electrons. The van der Waals surface area contributed by atoms with Crippen molar-refractivity contribution in [3.8, 4) is 0 Å². The van der Waals surface area contributed by atoms with Crippen LogP contribution in [0.3, 0.4) is 0 Å². The Morgan fingerprint density at radius 1 is 1.38 bits per heavy atom. The first kappa shape index (κ1) is 17.3. The highest BCUT2D eigenvalue weighted by atomic mass is 32.2. The van der Waals surface area contributed by atoms with E-state index in [1.54, 1.807) is 4.90 Å². The molecule has 2 aliphatic rings. The number of nitrogens with zero attached hydrogens (tertiary/aromatic N) is 2. The van der Waals surface area contributed by atoms with Crippen molar-refractivity contribution in [1.29, 1.82) is 0 Å². The van der Waals surface area contributed by atoms with Gasteiger partial charge in [-0.15, -0.1) is 0 Å². The van der Waals surface area contributed by atoms with Gasteiger partial charge in [0.2, 0.25) is 11.8 Å². The number of aromatic nitrogens is 1. The number of nitrogens with one attached hydrogen (secondary N) is 1. The first-order valence-corrected chi connectivity index (χ1v) is 9.65. The summed E-state index contributed by atoms with van der Waals surface area (Å²) in [6, 6.07) is 2.20. The number of thioether (sulfide) groups is 1. The van der Waals surface area contributed by atoms with E-state index in [0.717, 1.165) is 34.8 Å². The fraction of sp³-hybridized carbons (Fsp3) is 0.611. The number of anilines is 1. The van der Waals surface area contributed by atoms with Gasteiger partial charge in [-0.25, -0.2) is 4.98 Å². The van der Waals surface area contributed by atoms with E-state index in [2.05, 4.69) is 17.2 Å². The summed E-state index contributed by atoms with van der Waals surface area (Å²) in [4.78, 5) is 31.0. The van der Waals surface area contributed by atoms with Gasteiger partial charge in [-0.05, 0) is 44.2 Å². The van der Waals surface area contributed by atoms with E-state index in [4.69, 9.17) is 0 Å². The van der Waals surface area contributed by atoms with Crippen molar-refractivity contribution in [3.63, 3.8) is 0 Å². The monoisotopic (exact) mass is 347 g/mol. The van der Waals surface area contributed by atoms with Gasteiger partial charge in [0.25, 0.3) is 0 Å². The molecule has 6 heteroatoms. The summed E-state index contributed by atoms with van der Waals surface area (Å²) in [5.74, 6) is 0.761. The van der Waals surface area contributed by atoms with Crippen molar-refractivity contribution in [1.82, 2.24) is 10.3 Å². The van der Waals surface area contributed by atoms with Crippen LogP contribution in [0.25, 0.3) is 0 Å². The molecule has 2 amide bonds. The van der Waals surface area contributed by atoms with E-state index in [0.29, 0.717) is 11.7 Å². The van der Waals surface area contributed by atoms with Gasteiger partial charge < -0.3 is 5.32 Å². The maximum absolute atomic E-state index is 12.5. The Morgan fingerprint density at radius 3 is 2.88 bits per heavy atom. The number of amides is 2. The molecule has 0 aromatic carbocycles. The predicted octanol–water partition coefficient (Wildman–Crippen LogP) is 2.83. The molecule has 5 nitrogen and oxygen atoms in total. The normalized spacial score (nSPS) is 23.8. The molecule has 0 saturated heterocycles. The van der Waals surface area contributed by atoms with E-state index in [1.807, 2.05) is 19.9 Å². The molecule has 1 fully saturated rings. The maximum Gasteiger partial charge on any atom is 0.240 e. The van der Waals surface area contributed by atoms with Gasteiger partial charge in [0.1, 0.15) is 11.6 Å². The van der Waals surface area contributed by atoms with Crippen LogP contribution in [0, 0.1) is 19.8 Å². The lowest BCUT2D eigenvalue weighted by atomic mass is 9.86. The highest BCUT2D eigenvalue weighted by molar-refractivity contribution is 8.00. The maximum atomic E-state index is 12.5. The Balaban J connectivity index is 1.75. The zero-order valence-electron chi connectivity index (χ0n) is 14.6. The van der Waals surface area contributed by atoms with E-state index in [9.17, 15) is 9.59 Å². The molecule has 24 heavy (non-hydrogen) atoms. The van der Waals surface area contributed by atoms with Gasteiger partial charge in [0.15, 0.2) is 0 Å². The molecular weight excluding hydrogens is 322 g/mol. The fourth-order valence-corrected chi connectivity index (χ4v) is 4.68. The molecule has 2 unspecified atom stereocenters. The quantitative estimate of drug-likeness (QED) is 0.913. The molecular formula is C18H25N3O2S. The van der Waals surface area contributed by atoms with Crippen LogP contribution in [-0.4, -0.2) is 35.1 Å². The van der Waals surface area contributed by atoms with E-state index in [1.165, 1.54) is 24.6 Å². The van der Waals surface area contributed by atoms with Crippen LogP contribution in [0.4, 0.5) is 5.69 Å². The second-order valence-electron chi connectivity index (χ2n) is 6.94. The Labute approximate surface area is 147 Å². The summed E-state index contributed by atoms with van der Waals surface area (Å²) in [6.45, 7) is 6.20. The highest BCUT2D eigenvalue weighted by Gasteiger charge is 2.30. The standard InChI is InChI=1S/C18H25N3O2S/c1-11-6-4-5-7-14(11)20-15(22)9-21-16(23)10-24-18-17(21)12(2)8-13(3)19-18/h8,11,14H,4-7,9-10H2,1-3H3,(H,20,22). The molecule has 1 aliphatic carbocycles. The third-order valence-corrected chi connectivity index (χ3v) is 5.89. The van der Waals surface area contributed by atoms with Gasteiger partial charge in [0, 0.05) is 11.7 Å². The third kappa shape index (κ3) is 3.58. The fourth-order valence-electron chi connectivity index (χ4n) is 3.65. The van der Waals surface area contributed by atoms with Gasteiger partial charge >= 0.3 is 0 Å². The van der Waals surface area contributed by atoms with Crippen molar-refractivity contribution in [2.45, 2.75) is 57.5 Å². The predicted molar refractivity (Wildman–Crippen MR) is 96.4 cm³/mol. The van der Waals surface area contributed by atoms with E-state index >= 15 is 0 Å². The Morgan fingerprint density at radius 2 is 2.12 bits per heavy atom. The smallest absolute Gasteiger partial charge is 0.240 e. The summed E-state index contributed by atoms with van der Waals surface area (Å²) < 4.78 is 0. The lowest BCUT2D eigenvalue weighted by molar-refractivity contribution is -0.123. The van der Waals surface area contributed by atoms with Crippen molar-refractivity contribution in [2.24, 2.45) is 5.92 Å². The van der Waals surface area contributed by atoms with Crippen LogP contribution in [0.2, 0.25) is 0 Å². The molecule has 3 rings (SSSR count). The lowest BCUT2D eigenvalue weighted by Crippen LogP contribution is -2.48. The molecule has 2 atom stereocenters. The second-order valence-corrected chi connectivity index (χ2v) is 7.90. The zero-order valence-corrected chi connectivity index (χ0v) is 15.4. The molecule has 2 heterocycles. The molecule has 1 aromatic rings. The number of fused-ring (bicyclic) bond motifs is 1. The number of carbonyl (C=O) groups is 2. The SMILES string of the molecule is Cc1cc(C)c2c(n1)SCC(=O)N2CC(=O)NC1CCCCC1C. The van der Waals surface area contributed by atoms with Gasteiger partial charge in [-0.3, -0.25) is 14.5 Å². The summed E-state index contributed by atoms with van der Waals surface area (Å²) in [5, 5.41) is 3.99. The largest absolute Gasteiger partial charge is 0.352 e. The van der Waals surface area contributed by atoms with Crippen molar-refractivity contribution in [3.05, 3.63) is 17.3 Å². The minimum Gasteiger partial charge on any atom is -0.352 e. The summed E-state index contributed by atoms with van der Waals surface area (Å²) in [6.07, 6.45) is 4.61. The molecule has 1 saturated carbocycles. The minimum atomic E-state index is -0.0695. The van der Waals surface area contributed by atoms with Crippen molar-refractivity contribution in [2.75, 3.05) is 17.2 Å². The van der Waals surface area contributed by atoms with Crippen molar-refractivity contribution < 1.29 is 9.59 Å². The van der Waals surface area contributed by atoms with E-state index in [-0.39, 0.29) is 24.4 Å².